The number of aryl methyl sites for hydroxylation is 1. The smallest absolute Gasteiger partial charge is 0.264 e. The fourth-order valence-corrected chi connectivity index (χ4v) is 1.54. The zero-order chi connectivity index (χ0) is 9.19. The van der Waals surface area contributed by atoms with E-state index in [1.54, 1.807) is 5.51 Å². The first-order chi connectivity index (χ1) is 5.49. The highest BCUT2D eigenvalue weighted by molar-refractivity contribution is 7.85. The molecule has 12 heavy (non-hydrogen) atoms. The number of thiazole rings is 1. The van der Waals surface area contributed by atoms with Crippen LogP contribution in [0.1, 0.15) is 10.6 Å². The van der Waals surface area contributed by atoms with E-state index >= 15 is 0 Å². The molecule has 0 N–H and O–H groups in total. The quantitative estimate of drug-likeness (QED) is 0.692. The monoisotopic (exact) mass is 207 g/mol. The molecule has 6 heteroatoms. The van der Waals surface area contributed by atoms with E-state index in [0.29, 0.717) is 5.69 Å². The molecule has 4 nitrogen and oxygen atoms in total. The number of hydrogen-bond donors (Lipinski definition) is 0. The van der Waals surface area contributed by atoms with E-state index in [2.05, 4.69) is 9.17 Å². The summed E-state index contributed by atoms with van der Waals surface area (Å²) in [6.45, 7) is 1.91. The van der Waals surface area contributed by atoms with Crippen molar-refractivity contribution in [2.24, 2.45) is 0 Å². The number of hydrogen-bond acceptors (Lipinski definition) is 5. The minimum atomic E-state index is -3.35. The summed E-state index contributed by atoms with van der Waals surface area (Å²) in [4.78, 5) is 4.93. The van der Waals surface area contributed by atoms with E-state index < -0.39 is 10.1 Å². The Morgan fingerprint density at radius 2 is 2.33 bits per heavy atom. The molecule has 0 radical (unpaired) electrons. The van der Waals surface area contributed by atoms with E-state index in [1.165, 1.54) is 11.3 Å². The highest BCUT2D eigenvalue weighted by Gasteiger charge is 2.06. The second kappa shape index (κ2) is 3.51. The topological polar surface area (TPSA) is 56.3 Å². The van der Waals surface area contributed by atoms with Gasteiger partial charge in [0, 0.05) is 4.88 Å². The lowest BCUT2D eigenvalue weighted by Gasteiger charge is -1.97. The van der Waals surface area contributed by atoms with E-state index in [-0.39, 0.29) is 6.61 Å². The van der Waals surface area contributed by atoms with Crippen molar-refractivity contribution in [3.63, 3.8) is 0 Å². The lowest BCUT2D eigenvalue weighted by atomic mass is 10.4. The van der Waals surface area contributed by atoms with Crippen molar-refractivity contribution in [3.8, 4) is 0 Å². The van der Waals surface area contributed by atoms with Gasteiger partial charge in [-0.25, -0.2) is 4.98 Å². The third kappa shape index (κ3) is 2.88. The van der Waals surface area contributed by atoms with Gasteiger partial charge in [-0.3, -0.25) is 4.18 Å². The highest BCUT2D eigenvalue weighted by Crippen LogP contribution is 2.12. The Balaban J connectivity index is 2.61. The molecule has 0 aromatic carbocycles. The number of aromatic nitrogens is 1. The Morgan fingerprint density at radius 1 is 1.67 bits per heavy atom. The van der Waals surface area contributed by atoms with Crippen LogP contribution >= 0.6 is 11.3 Å². The molecule has 0 aliphatic heterocycles. The molecular weight excluding hydrogens is 198 g/mol. The summed E-state index contributed by atoms with van der Waals surface area (Å²) in [5, 5.41) is 0. The Morgan fingerprint density at radius 3 is 2.75 bits per heavy atom. The summed E-state index contributed by atoms with van der Waals surface area (Å²) in [6, 6.07) is 0. The van der Waals surface area contributed by atoms with Gasteiger partial charge in [0.05, 0.1) is 17.5 Å². The van der Waals surface area contributed by atoms with Gasteiger partial charge in [-0.05, 0) is 6.92 Å². The Labute approximate surface area is 75.3 Å². The normalized spacial score (nSPS) is 11.8. The second-order valence-electron chi connectivity index (χ2n) is 2.32. The van der Waals surface area contributed by atoms with Crippen molar-refractivity contribution in [3.05, 3.63) is 16.1 Å². The predicted molar refractivity (Wildman–Crippen MR) is 46.5 cm³/mol. The summed E-state index contributed by atoms with van der Waals surface area (Å²) in [7, 11) is -3.35. The van der Waals surface area contributed by atoms with Crippen LogP contribution < -0.4 is 0 Å². The molecule has 0 amide bonds. The van der Waals surface area contributed by atoms with Crippen LogP contribution in [0.2, 0.25) is 0 Å². The largest absolute Gasteiger partial charge is 0.264 e. The van der Waals surface area contributed by atoms with Gasteiger partial charge in [-0.1, -0.05) is 0 Å². The van der Waals surface area contributed by atoms with Gasteiger partial charge in [0.15, 0.2) is 0 Å². The maximum atomic E-state index is 10.6. The second-order valence-corrected chi connectivity index (χ2v) is 5.02. The van der Waals surface area contributed by atoms with Gasteiger partial charge < -0.3 is 0 Å². The summed E-state index contributed by atoms with van der Waals surface area (Å²) in [5.74, 6) is 0. The van der Waals surface area contributed by atoms with Crippen LogP contribution in [0.4, 0.5) is 0 Å². The highest BCUT2D eigenvalue weighted by atomic mass is 32.2. The van der Waals surface area contributed by atoms with Crippen molar-refractivity contribution < 1.29 is 12.6 Å². The average molecular weight is 207 g/mol. The molecule has 68 valence electrons. The fourth-order valence-electron chi connectivity index (χ4n) is 0.630. The molecule has 0 saturated heterocycles. The van der Waals surface area contributed by atoms with Crippen LogP contribution in [-0.4, -0.2) is 19.7 Å². The minimum absolute atomic E-state index is 0.0359. The summed E-state index contributed by atoms with van der Waals surface area (Å²) in [6.07, 6.45) is 1.02. The molecule has 1 aromatic rings. The number of nitrogens with zero attached hydrogens (tertiary/aromatic N) is 1. The van der Waals surface area contributed by atoms with Crippen molar-refractivity contribution in [1.29, 1.82) is 0 Å². The van der Waals surface area contributed by atoms with Gasteiger partial charge in [0.1, 0.15) is 6.61 Å². The van der Waals surface area contributed by atoms with E-state index in [0.717, 1.165) is 11.1 Å². The zero-order valence-corrected chi connectivity index (χ0v) is 8.41. The van der Waals surface area contributed by atoms with Crippen LogP contribution in [0, 0.1) is 6.92 Å². The lowest BCUT2D eigenvalue weighted by Crippen LogP contribution is -2.03. The van der Waals surface area contributed by atoms with E-state index in [9.17, 15) is 8.42 Å². The molecule has 0 bridgehead atoms. The Bertz CT molecular complexity index is 355. The van der Waals surface area contributed by atoms with Crippen molar-refractivity contribution in [2.75, 3.05) is 6.26 Å². The van der Waals surface area contributed by atoms with Gasteiger partial charge in [0.25, 0.3) is 10.1 Å². The summed E-state index contributed by atoms with van der Waals surface area (Å²) < 4.78 is 25.8. The van der Waals surface area contributed by atoms with Gasteiger partial charge in [-0.15, -0.1) is 11.3 Å². The first kappa shape index (κ1) is 9.63. The molecule has 0 spiro atoms. The van der Waals surface area contributed by atoms with E-state index in [1.807, 2.05) is 6.92 Å². The van der Waals surface area contributed by atoms with Crippen molar-refractivity contribution in [2.45, 2.75) is 13.5 Å². The molecule has 0 aliphatic rings. The van der Waals surface area contributed by atoms with Gasteiger partial charge >= 0.3 is 0 Å². The molecule has 1 heterocycles. The predicted octanol–water partition coefficient (Wildman–Crippen LogP) is 0.928. The van der Waals surface area contributed by atoms with Crippen LogP contribution in [0.5, 0.6) is 0 Å². The molecule has 0 unspecified atom stereocenters. The molecule has 0 saturated carbocycles. The van der Waals surface area contributed by atoms with Gasteiger partial charge in [-0.2, -0.15) is 8.42 Å². The standard InChI is InChI=1S/C6H9NO3S2/c1-5-6(7-4-11-5)3-10-12(2,8)9/h4H,3H2,1-2H3. The lowest BCUT2D eigenvalue weighted by molar-refractivity contribution is 0.307. The van der Waals surface area contributed by atoms with E-state index in [4.69, 9.17) is 0 Å². The third-order valence-corrected chi connectivity index (χ3v) is 2.60. The maximum absolute atomic E-state index is 10.6. The van der Waals surface area contributed by atoms with Gasteiger partial charge in [0.2, 0.25) is 0 Å². The molecule has 0 atom stereocenters. The first-order valence-corrected chi connectivity index (χ1v) is 5.92. The molecule has 1 rings (SSSR count). The number of rotatable bonds is 3. The zero-order valence-electron chi connectivity index (χ0n) is 6.77. The molecular formula is C6H9NO3S2. The van der Waals surface area contributed by atoms with Crippen molar-refractivity contribution in [1.82, 2.24) is 4.98 Å². The maximum Gasteiger partial charge on any atom is 0.264 e. The molecule has 1 aromatic heterocycles. The molecule has 0 fully saturated rings. The molecule has 0 aliphatic carbocycles. The van der Waals surface area contributed by atoms with Crippen LogP contribution in [0.25, 0.3) is 0 Å². The van der Waals surface area contributed by atoms with Crippen LogP contribution in [-0.2, 0) is 20.9 Å². The summed E-state index contributed by atoms with van der Waals surface area (Å²) >= 11 is 1.47. The summed E-state index contributed by atoms with van der Waals surface area (Å²) in [5.41, 5.74) is 2.35. The fraction of sp³-hybridized carbons (Fsp3) is 0.500. The Hall–Kier alpha value is -0.460. The Kier molecular flexibility index (Phi) is 2.81. The van der Waals surface area contributed by atoms with Crippen LogP contribution in [0.3, 0.4) is 0 Å². The third-order valence-electron chi connectivity index (χ3n) is 1.25. The SMILES string of the molecule is Cc1scnc1COS(C)(=O)=O. The van der Waals surface area contributed by atoms with Crippen LogP contribution in [0.15, 0.2) is 5.51 Å². The minimum Gasteiger partial charge on any atom is -0.264 e. The average Bonchev–Trinajstić information content (AvgIpc) is 2.29. The first-order valence-electron chi connectivity index (χ1n) is 3.22. The van der Waals surface area contributed by atoms with Crippen molar-refractivity contribution >= 4 is 21.5 Å².